The summed E-state index contributed by atoms with van der Waals surface area (Å²) in [7, 11) is 1.28. The summed E-state index contributed by atoms with van der Waals surface area (Å²) in [5, 5.41) is 0. The van der Waals surface area contributed by atoms with Gasteiger partial charge in [0, 0.05) is 12.6 Å². The van der Waals surface area contributed by atoms with E-state index in [1.165, 1.54) is 33.3 Å². The van der Waals surface area contributed by atoms with Gasteiger partial charge in [0.15, 0.2) is 5.78 Å². The molecule has 1 N–H and O–H groups in total. The Morgan fingerprint density at radius 2 is 1.68 bits per heavy atom. The highest BCUT2D eigenvalue weighted by Gasteiger charge is 2.25. The normalized spacial score (nSPS) is 16.0. The Kier molecular flexibility index (Phi) is 6.79. The van der Waals surface area contributed by atoms with E-state index in [0.29, 0.717) is 17.0 Å². The molecule has 2 rings (SSSR count). The van der Waals surface area contributed by atoms with E-state index in [1.807, 2.05) is 0 Å². The molecular weight excluding hydrogens is 322 g/mol. The van der Waals surface area contributed by atoms with Crippen LogP contribution in [0.15, 0.2) is 0 Å². The maximum atomic E-state index is 12.4. The first-order chi connectivity index (χ1) is 11.9. The number of methoxy groups -OCH3 is 1. The molecule has 0 aliphatic heterocycles. The van der Waals surface area contributed by atoms with Gasteiger partial charge in [0.1, 0.15) is 6.10 Å². The molecule has 1 saturated carbocycles. The van der Waals surface area contributed by atoms with E-state index in [9.17, 15) is 14.4 Å². The fourth-order valence-corrected chi connectivity index (χ4v) is 3.43. The van der Waals surface area contributed by atoms with E-state index < -0.39 is 5.97 Å². The molecule has 0 aromatic carbocycles. The average Bonchev–Trinajstić information content (AvgIpc) is 2.85. The van der Waals surface area contributed by atoms with E-state index in [-0.39, 0.29) is 29.8 Å². The first-order valence-corrected chi connectivity index (χ1v) is 8.94. The van der Waals surface area contributed by atoms with Crippen LogP contribution in [0.5, 0.6) is 0 Å². The first-order valence-electron chi connectivity index (χ1n) is 8.94. The number of H-pyrrole nitrogens is 1. The molecule has 0 radical (unpaired) electrons. The summed E-state index contributed by atoms with van der Waals surface area (Å²) in [5.74, 6) is -1.13. The average molecular weight is 349 g/mol. The van der Waals surface area contributed by atoms with Crippen molar-refractivity contribution >= 4 is 17.7 Å². The van der Waals surface area contributed by atoms with Gasteiger partial charge in [0.25, 0.3) is 0 Å². The van der Waals surface area contributed by atoms with Crippen LogP contribution in [0, 0.1) is 6.92 Å². The summed E-state index contributed by atoms with van der Waals surface area (Å²) in [6.45, 7) is 3.08. The summed E-state index contributed by atoms with van der Waals surface area (Å²) in [6, 6.07) is 0. The summed E-state index contributed by atoms with van der Waals surface area (Å²) in [6.07, 6.45) is 7.39. The van der Waals surface area contributed by atoms with Crippen LogP contribution < -0.4 is 0 Å². The second kappa shape index (κ2) is 8.83. The zero-order chi connectivity index (χ0) is 18.4. The lowest BCUT2D eigenvalue weighted by Gasteiger charge is -2.20. The number of Topliss-reactive ketones (excluding diaryl/α,β-unsaturated/α-hetero) is 1. The highest BCUT2D eigenvalue weighted by molar-refractivity contribution is 6.01. The maximum Gasteiger partial charge on any atom is 0.339 e. The van der Waals surface area contributed by atoms with Crippen LogP contribution in [-0.2, 0) is 20.7 Å². The molecule has 0 spiro atoms. The fourth-order valence-electron chi connectivity index (χ4n) is 3.43. The lowest BCUT2D eigenvalue weighted by molar-refractivity contribution is -0.149. The monoisotopic (exact) mass is 349 g/mol. The number of ether oxygens (including phenoxy) is 2. The van der Waals surface area contributed by atoms with Gasteiger partial charge in [-0.15, -0.1) is 0 Å². The molecule has 1 aromatic rings. The number of aromatic nitrogens is 1. The molecule has 25 heavy (non-hydrogen) atoms. The number of hydrogen-bond acceptors (Lipinski definition) is 5. The molecule has 1 fully saturated rings. The van der Waals surface area contributed by atoms with Gasteiger partial charge in [-0.2, -0.15) is 0 Å². The van der Waals surface area contributed by atoms with E-state index >= 15 is 0 Å². The Morgan fingerprint density at radius 3 is 2.24 bits per heavy atom. The van der Waals surface area contributed by atoms with Crippen molar-refractivity contribution in [3.8, 4) is 0 Å². The number of nitrogens with one attached hydrogen (secondary N) is 1. The minimum absolute atomic E-state index is 0.0577. The van der Waals surface area contributed by atoms with E-state index in [4.69, 9.17) is 9.47 Å². The predicted octanol–water partition coefficient (Wildman–Crippen LogP) is 3.51. The molecule has 0 bridgehead atoms. The second-order valence-corrected chi connectivity index (χ2v) is 6.66. The molecule has 6 nitrogen and oxygen atoms in total. The molecule has 0 amide bonds. The Balaban J connectivity index is 2.12. The van der Waals surface area contributed by atoms with Crippen LogP contribution >= 0.6 is 0 Å². The smallest absolute Gasteiger partial charge is 0.339 e. The SMILES string of the molecule is COC(=O)c1c(CC(=O)OC2CCCCCCC2)[nH]c(C(C)=O)c1C. The van der Waals surface area contributed by atoms with Gasteiger partial charge >= 0.3 is 11.9 Å². The third kappa shape index (κ3) is 4.94. The van der Waals surface area contributed by atoms with Crippen molar-refractivity contribution in [2.45, 2.75) is 71.3 Å². The van der Waals surface area contributed by atoms with Gasteiger partial charge in [-0.3, -0.25) is 9.59 Å². The van der Waals surface area contributed by atoms with Crippen molar-refractivity contribution in [2.24, 2.45) is 0 Å². The van der Waals surface area contributed by atoms with E-state index in [1.54, 1.807) is 6.92 Å². The number of aromatic amines is 1. The number of carbonyl (C=O) groups excluding carboxylic acids is 3. The molecule has 0 saturated heterocycles. The minimum Gasteiger partial charge on any atom is -0.465 e. The highest BCUT2D eigenvalue weighted by Crippen LogP contribution is 2.23. The van der Waals surface area contributed by atoms with Gasteiger partial charge < -0.3 is 14.5 Å². The van der Waals surface area contributed by atoms with Gasteiger partial charge in [-0.25, -0.2) is 4.79 Å². The summed E-state index contributed by atoms with van der Waals surface area (Å²) >= 11 is 0. The number of hydrogen-bond donors (Lipinski definition) is 1. The van der Waals surface area contributed by atoms with Crippen molar-refractivity contribution in [3.63, 3.8) is 0 Å². The Bertz CT molecular complexity index is 638. The molecule has 0 unspecified atom stereocenters. The van der Waals surface area contributed by atoms with Crippen molar-refractivity contribution < 1.29 is 23.9 Å². The van der Waals surface area contributed by atoms with Crippen LogP contribution in [0.25, 0.3) is 0 Å². The molecule has 1 aliphatic rings. The first kappa shape index (κ1) is 19.2. The van der Waals surface area contributed by atoms with Crippen molar-refractivity contribution in [1.82, 2.24) is 4.98 Å². The summed E-state index contributed by atoms with van der Waals surface area (Å²) in [5.41, 5.74) is 1.47. The summed E-state index contributed by atoms with van der Waals surface area (Å²) in [4.78, 5) is 39.0. The lowest BCUT2D eigenvalue weighted by Crippen LogP contribution is -2.21. The van der Waals surface area contributed by atoms with Crippen molar-refractivity contribution in [3.05, 3.63) is 22.5 Å². The Labute approximate surface area is 148 Å². The van der Waals surface area contributed by atoms with Crippen LogP contribution in [0.1, 0.15) is 84.0 Å². The van der Waals surface area contributed by atoms with Crippen molar-refractivity contribution in [1.29, 1.82) is 0 Å². The Hall–Kier alpha value is -2.11. The van der Waals surface area contributed by atoms with E-state index in [2.05, 4.69) is 4.98 Å². The minimum atomic E-state index is -0.560. The molecular formula is C19H27NO5. The van der Waals surface area contributed by atoms with E-state index in [0.717, 1.165) is 25.7 Å². The molecule has 1 aliphatic carbocycles. The largest absolute Gasteiger partial charge is 0.465 e. The molecule has 1 heterocycles. The van der Waals surface area contributed by atoms with Crippen molar-refractivity contribution in [2.75, 3.05) is 7.11 Å². The number of carbonyl (C=O) groups is 3. The highest BCUT2D eigenvalue weighted by atomic mass is 16.5. The Morgan fingerprint density at radius 1 is 1.08 bits per heavy atom. The van der Waals surface area contributed by atoms with Crippen LogP contribution in [0.4, 0.5) is 0 Å². The van der Waals surface area contributed by atoms with Crippen LogP contribution in [-0.4, -0.2) is 35.9 Å². The zero-order valence-corrected chi connectivity index (χ0v) is 15.3. The molecule has 0 atom stereocenters. The number of rotatable bonds is 5. The fraction of sp³-hybridized carbons (Fsp3) is 0.632. The van der Waals surface area contributed by atoms with Crippen LogP contribution in [0.3, 0.4) is 0 Å². The zero-order valence-electron chi connectivity index (χ0n) is 15.3. The van der Waals surface area contributed by atoms with Gasteiger partial charge in [0.2, 0.25) is 0 Å². The van der Waals surface area contributed by atoms with Gasteiger partial charge in [-0.1, -0.05) is 19.3 Å². The third-order valence-electron chi connectivity index (χ3n) is 4.74. The van der Waals surface area contributed by atoms with Crippen LogP contribution in [0.2, 0.25) is 0 Å². The summed E-state index contributed by atoms with van der Waals surface area (Å²) < 4.78 is 10.4. The lowest BCUT2D eigenvalue weighted by atomic mass is 9.98. The predicted molar refractivity (Wildman–Crippen MR) is 92.8 cm³/mol. The number of ketones is 1. The quantitative estimate of drug-likeness (QED) is 0.649. The topological polar surface area (TPSA) is 85.5 Å². The molecule has 1 aromatic heterocycles. The number of esters is 2. The molecule has 138 valence electrons. The standard InChI is InChI=1S/C19H27NO5/c1-12-17(19(23)24-3)15(20-18(12)13(2)21)11-16(22)25-14-9-7-5-4-6-8-10-14/h14,20H,4-11H2,1-3H3. The van der Waals surface area contributed by atoms with Gasteiger partial charge in [0.05, 0.1) is 24.8 Å². The molecule has 6 heteroatoms. The second-order valence-electron chi connectivity index (χ2n) is 6.66. The maximum absolute atomic E-state index is 12.4. The van der Waals surface area contributed by atoms with Gasteiger partial charge in [-0.05, 0) is 38.2 Å². The third-order valence-corrected chi connectivity index (χ3v) is 4.74.